The smallest absolute Gasteiger partial charge is 0.249 e. The lowest BCUT2D eigenvalue weighted by molar-refractivity contribution is -0.132. The highest BCUT2D eigenvalue weighted by Gasteiger charge is 2.31. The Bertz CT molecular complexity index is 552. The highest BCUT2D eigenvalue weighted by atomic mass is 16.5. The maximum absolute atomic E-state index is 12.4. The molecule has 5 nitrogen and oxygen atoms in total. The maximum atomic E-state index is 12.4. The second-order valence-corrected chi connectivity index (χ2v) is 5.67. The lowest BCUT2D eigenvalue weighted by atomic mass is 10.1. The van der Waals surface area contributed by atoms with Crippen molar-refractivity contribution < 1.29 is 14.3 Å². The van der Waals surface area contributed by atoms with Gasteiger partial charge in [-0.25, -0.2) is 0 Å². The van der Waals surface area contributed by atoms with Crippen LogP contribution in [0.15, 0.2) is 24.3 Å². The number of carbonyl (C=O) groups is 2. The zero-order valence-electron chi connectivity index (χ0n) is 12.2. The van der Waals surface area contributed by atoms with E-state index < -0.39 is 0 Å². The number of nitrogens with one attached hydrogen (secondary N) is 1. The molecule has 2 aliphatic rings. The summed E-state index contributed by atoms with van der Waals surface area (Å²) in [6, 6.07) is 8.05. The summed E-state index contributed by atoms with van der Waals surface area (Å²) >= 11 is 0. The molecule has 1 N–H and O–H groups in total. The van der Waals surface area contributed by atoms with Gasteiger partial charge in [-0.15, -0.1) is 0 Å². The van der Waals surface area contributed by atoms with E-state index in [9.17, 15) is 9.59 Å². The quantitative estimate of drug-likeness (QED) is 0.911. The number of hydrogen-bond acceptors (Lipinski definition) is 3. The minimum atomic E-state index is -0.388. The van der Waals surface area contributed by atoms with Gasteiger partial charge in [0.25, 0.3) is 0 Å². The van der Waals surface area contributed by atoms with Crippen molar-refractivity contribution in [3.05, 3.63) is 29.8 Å². The van der Waals surface area contributed by atoms with Crippen LogP contribution < -0.4 is 10.2 Å². The van der Waals surface area contributed by atoms with Crippen LogP contribution in [0.1, 0.15) is 25.3 Å². The molecule has 1 aromatic carbocycles. The normalized spacial score (nSPS) is 24.0. The third-order valence-electron chi connectivity index (χ3n) is 4.11. The van der Waals surface area contributed by atoms with Gasteiger partial charge in [0.05, 0.1) is 6.54 Å². The number of nitrogens with zero attached hydrogens (tertiary/aromatic N) is 1. The number of hydrogen-bond donors (Lipinski definition) is 1. The topological polar surface area (TPSA) is 58.6 Å². The summed E-state index contributed by atoms with van der Waals surface area (Å²) in [5, 5.41) is 2.70. The Hall–Kier alpha value is -1.88. The molecule has 21 heavy (non-hydrogen) atoms. The van der Waals surface area contributed by atoms with Gasteiger partial charge in [0, 0.05) is 18.3 Å². The molecule has 1 saturated heterocycles. The van der Waals surface area contributed by atoms with Crippen LogP contribution in [0.3, 0.4) is 0 Å². The van der Waals surface area contributed by atoms with Crippen molar-refractivity contribution in [2.24, 2.45) is 0 Å². The van der Waals surface area contributed by atoms with E-state index in [0.717, 1.165) is 24.9 Å². The van der Waals surface area contributed by atoms with Gasteiger partial charge in [0.15, 0.2) is 0 Å². The number of anilines is 1. The fourth-order valence-corrected chi connectivity index (χ4v) is 3.09. The number of benzene rings is 1. The summed E-state index contributed by atoms with van der Waals surface area (Å²) in [7, 11) is 0. The Balaban J connectivity index is 1.62. The summed E-state index contributed by atoms with van der Waals surface area (Å²) in [5.41, 5.74) is 2.14. The van der Waals surface area contributed by atoms with E-state index in [1.54, 1.807) is 4.90 Å². The van der Waals surface area contributed by atoms with Crippen molar-refractivity contribution in [3.63, 3.8) is 0 Å². The largest absolute Gasteiger partial charge is 0.368 e. The molecule has 3 rings (SSSR count). The first-order valence-electron chi connectivity index (χ1n) is 7.46. The molecular formula is C16H20N2O3. The first-order valence-corrected chi connectivity index (χ1v) is 7.46. The van der Waals surface area contributed by atoms with Gasteiger partial charge in [-0.3, -0.25) is 9.59 Å². The van der Waals surface area contributed by atoms with Gasteiger partial charge in [0.1, 0.15) is 6.10 Å². The summed E-state index contributed by atoms with van der Waals surface area (Å²) < 4.78 is 5.31. The van der Waals surface area contributed by atoms with Crippen molar-refractivity contribution >= 4 is 17.5 Å². The van der Waals surface area contributed by atoms with Crippen LogP contribution in [-0.2, 0) is 20.7 Å². The molecule has 2 unspecified atom stereocenters. The Kier molecular flexibility index (Phi) is 3.92. The van der Waals surface area contributed by atoms with Crippen LogP contribution in [0, 0.1) is 0 Å². The molecule has 2 heterocycles. The lowest BCUT2D eigenvalue weighted by Gasteiger charge is -2.23. The zero-order valence-corrected chi connectivity index (χ0v) is 12.2. The molecule has 112 valence electrons. The van der Waals surface area contributed by atoms with Crippen LogP contribution >= 0.6 is 0 Å². The predicted octanol–water partition coefficient (Wildman–Crippen LogP) is 1.26. The number of amides is 2. The van der Waals surface area contributed by atoms with Crippen LogP contribution in [0.4, 0.5) is 5.69 Å². The average molecular weight is 288 g/mol. The van der Waals surface area contributed by atoms with Crippen molar-refractivity contribution in [1.29, 1.82) is 0 Å². The van der Waals surface area contributed by atoms with Gasteiger partial charge in [0.2, 0.25) is 11.8 Å². The fourth-order valence-electron chi connectivity index (χ4n) is 3.09. The molecule has 2 aliphatic heterocycles. The number of rotatable bonds is 3. The molecule has 1 fully saturated rings. The second kappa shape index (κ2) is 5.85. The molecule has 0 radical (unpaired) electrons. The third kappa shape index (κ3) is 2.78. The van der Waals surface area contributed by atoms with Crippen LogP contribution in [0.5, 0.6) is 0 Å². The van der Waals surface area contributed by atoms with Gasteiger partial charge < -0.3 is 15.0 Å². The lowest BCUT2D eigenvalue weighted by Crippen LogP contribution is -2.45. The van der Waals surface area contributed by atoms with Crippen molar-refractivity contribution in [2.45, 2.75) is 38.3 Å². The number of ether oxygens (including phenoxy) is 1. The fraction of sp³-hybridized carbons (Fsp3) is 0.500. The van der Waals surface area contributed by atoms with Gasteiger partial charge in [-0.2, -0.15) is 0 Å². The molecule has 2 amide bonds. The van der Waals surface area contributed by atoms with E-state index in [-0.39, 0.29) is 30.5 Å². The second-order valence-electron chi connectivity index (χ2n) is 5.67. The molecule has 0 bridgehead atoms. The van der Waals surface area contributed by atoms with Gasteiger partial charge >= 0.3 is 0 Å². The van der Waals surface area contributed by atoms with E-state index in [0.29, 0.717) is 6.61 Å². The number of fused-ring (bicyclic) bond motifs is 1. The van der Waals surface area contributed by atoms with Crippen LogP contribution in [0.25, 0.3) is 0 Å². The van der Waals surface area contributed by atoms with Crippen LogP contribution in [0.2, 0.25) is 0 Å². The first kappa shape index (κ1) is 14.1. The van der Waals surface area contributed by atoms with E-state index in [1.165, 1.54) is 5.56 Å². The molecular weight excluding hydrogens is 268 g/mol. The maximum Gasteiger partial charge on any atom is 0.249 e. The number of para-hydroxylation sites is 1. The predicted molar refractivity (Wildman–Crippen MR) is 79.1 cm³/mol. The molecule has 0 saturated carbocycles. The first-order chi connectivity index (χ1) is 10.2. The monoisotopic (exact) mass is 288 g/mol. The molecule has 1 aromatic rings. The summed E-state index contributed by atoms with van der Waals surface area (Å²) in [5.74, 6) is -0.250. The molecule has 0 aromatic heterocycles. The standard InChI is InChI=1S/C16H20N2O3/c1-11-9-12-5-2-3-6-13(12)18(11)15(19)10-17-16(20)14-7-4-8-21-14/h2-3,5-6,11,14H,4,7-10H2,1H3,(H,17,20). The molecule has 2 atom stereocenters. The summed E-state index contributed by atoms with van der Waals surface area (Å²) in [4.78, 5) is 26.1. The third-order valence-corrected chi connectivity index (χ3v) is 4.11. The van der Waals surface area contributed by atoms with E-state index in [1.807, 2.05) is 31.2 Å². The van der Waals surface area contributed by atoms with Gasteiger partial charge in [-0.05, 0) is 37.8 Å². The zero-order chi connectivity index (χ0) is 14.8. The van der Waals surface area contributed by atoms with Crippen molar-refractivity contribution in [2.75, 3.05) is 18.1 Å². The minimum Gasteiger partial charge on any atom is -0.368 e. The number of carbonyl (C=O) groups excluding carboxylic acids is 2. The Labute approximate surface area is 124 Å². The molecule has 0 spiro atoms. The van der Waals surface area contributed by atoms with Crippen LogP contribution in [-0.4, -0.2) is 37.1 Å². The SMILES string of the molecule is CC1Cc2ccccc2N1C(=O)CNC(=O)C1CCCO1. The minimum absolute atomic E-state index is 0.0252. The highest BCUT2D eigenvalue weighted by molar-refractivity contribution is 5.99. The summed E-state index contributed by atoms with van der Waals surface area (Å²) in [6.07, 6.45) is 2.12. The van der Waals surface area contributed by atoms with E-state index >= 15 is 0 Å². The highest BCUT2D eigenvalue weighted by Crippen LogP contribution is 2.31. The molecule has 5 heteroatoms. The Morgan fingerprint density at radius 2 is 2.19 bits per heavy atom. The van der Waals surface area contributed by atoms with Crippen molar-refractivity contribution in [1.82, 2.24) is 5.32 Å². The summed E-state index contributed by atoms with van der Waals surface area (Å²) in [6.45, 7) is 2.68. The van der Waals surface area contributed by atoms with Crippen molar-refractivity contribution in [3.8, 4) is 0 Å². The Morgan fingerprint density at radius 1 is 1.38 bits per heavy atom. The van der Waals surface area contributed by atoms with E-state index in [4.69, 9.17) is 4.74 Å². The molecule has 0 aliphatic carbocycles. The average Bonchev–Trinajstić information content (AvgIpc) is 3.10. The Morgan fingerprint density at radius 3 is 2.95 bits per heavy atom. The van der Waals surface area contributed by atoms with Gasteiger partial charge in [-0.1, -0.05) is 18.2 Å². The van der Waals surface area contributed by atoms with E-state index in [2.05, 4.69) is 5.32 Å².